The molecule has 0 spiro atoms. The van der Waals surface area contributed by atoms with Crippen LogP contribution >= 0.6 is 16.5 Å². The monoisotopic (exact) mass is 314 g/mol. The highest BCUT2D eigenvalue weighted by Crippen LogP contribution is 2.49. The molecule has 19 heavy (non-hydrogen) atoms. The number of hydrogen-bond donors (Lipinski definition) is 2. The summed E-state index contributed by atoms with van der Waals surface area (Å²) in [4.78, 5) is 18.2. The third kappa shape index (κ3) is 4.52. The van der Waals surface area contributed by atoms with Crippen molar-refractivity contribution in [3.05, 3.63) is 0 Å². The lowest BCUT2D eigenvalue weighted by Gasteiger charge is -2.40. The van der Waals surface area contributed by atoms with Gasteiger partial charge in [-0.1, -0.05) is 34.1 Å². The van der Waals surface area contributed by atoms with E-state index in [0.717, 1.165) is 0 Å². The molecular weight excluding hydrogens is 290 g/mol. The van der Waals surface area contributed by atoms with Crippen LogP contribution in [0.1, 0.15) is 59.8 Å². The predicted molar refractivity (Wildman–Crippen MR) is 73.1 cm³/mol. The zero-order chi connectivity index (χ0) is 15.1. The molecule has 2 N–H and O–H groups in total. The van der Waals surface area contributed by atoms with Gasteiger partial charge in [-0.25, -0.2) is 0 Å². The standard InChI is InChI=1S/C11H22O6P2/c1-5-9-11(8-4,17-19(14)15)10(6-2,7-3)16-18(12)13/h5-9H2,1-4H3/p+2. The largest absolute Gasteiger partial charge is 0.695 e. The third-order valence-electron chi connectivity index (χ3n) is 3.70. The first-order valence-corrected chi connectivity index (χ1v) is 8.79. The maximum atomic E-state index is 11.1. The van der Waals surface area contributed by atoms with Gasteiger partial charge in [-0.3, -0.25) is 0 Å². The normalized spacial score (nSPS) is 16.9. The van der Waals surface area contributed by atoms with E-state index in [2.05, 4.69) is 0 Å². The Kier molecular flexibility index (Phi) is 8.37. The molecule has 0 aliphatic carbocycles. The van der Waals surface area contributed by atoms with Crippen molar-refractivity contribution in [2.24, 2.45) is 0 Å². The molecular formula is C11H24O6P2+2. The summed E-state index contributed by atoms with van der Waals surface area (Å²) in [6.07, 6.45) is 2.46. The summed E-state index contributed by atoms with van der Waals surface area (Å²) in [6.45, 7) is 7.38. The van der Waals surface area contributed by atoms with Gasteiger partial charge in [0.15, 0.2) is 11.2 Å². The summed E-state index contributed by atoms with van der Waals surface area (Å²) >= 11 is 0. The molecule has 0 aromatic heterocycles. The summed E-state index contributed by atoms with van der Waals surface area (Å²) in [5, 5.41) is 0. The van der Waals surface area contributed by atoms with Crippen LogP contribution in [-0.4, -0.2) is 21.0 Å². The van der Waals surface area contributed by atoms with Gasteiger partial charge in [0.25, 0.3) is 0 Å². The molecule has 0 rings (SSSR count). The van der Waals surface area contributed by atoms with E-state index in [9.17, 15) is 9.13 Å². The average Bonchev–Trinajstić information content (AvgIpc) is 2.34. The first-order chi connectivity index (χ1) is 8.83. The van der Waals surface area contributed by atoms with Gasteiger partial charge in [0.05, 0.1) is 0 Å². The molecule has 3 unspecified atom stereocenters. The Hall–Kier alpha value is 0.0400. The van der Waals surface area contributed by atoms with Gasteiger partial charge in [-0.15, -0.1) is 18.8 Å². The van der Waals surface area contributed by atoms with Gasteiger partial charge < -0.3 is 0 Å². The Balaban J connectivity index is 5.68. The Labute approximate surface area is 116 Å². The summed E-state index contributed by atoms with van der Waals surface area (Å²) in [7, 11) is -5.63. The third-order valence-corrected chi connectivity index (χ3v) is 4.71. The van der Waals surface area contributed by atoms with Crippen molar-refractivity contribution in [1.82, 2.24) is 0 Å². The molecule has 0 amide bonds. The Morgan fingerprint density at radius 1 is 0.842 bits per heavy atom. The van der Waals surface area contributed by atoms with E-state index in [4.69, 9.17) is 18.8 Å². The van der Waals surface area contributed by atoms with Crippen LogP contribution in [0.25, 0.3) is 0 Å². The van der Waals surface area contributed by atoms with E-state index in [-0.39, 0.29) is 0 Å². The average molecular weight is 314 g/mol. The van der Waals surface area contributed by atoms with E-state index in [1.54, 1.807) is 0 Å². The lowest BCUT2D eigenvalue weighted by atomic mass is 9.74. The highest BCUT2D eigenvalue weighted by atomic mass is 31.1. The SMILES string of the molecule is CCCC(CC)(O[P+](=O)O)C(CC)(CC)O[P+](=O)O. The van der Waals surface area contributed by atoms with Crippen LogP contribution in [0.2, 0.25) is 0 Å². The Morgan fingerprint density at radius 3 is 1.47 bits per heavy atom. The molecule has 112 valence electrons. The second-order valence-corrected chi connectivity index (χ2v) is 5.77. The van der Waals surface area contributed by atoms with Crippen LogP contribution in [-0.2, 0) is 18.2 Å². The minimum Gasteiger partial charge on any atom is -0.133 e. The lowest BCUT2D eigenvalue weighted by molar-refractivity contribution is -0.131. The number of rotatable bonds is 10. The zero-order valence-electron chi connectivity index (χ0n) is 12.0. The highest BCUT2D eigenvalue weighted by Gasteiger charge is 2.59. The zero-order valence-corrected chi connectivity index (χ0v) is 13.7. The highest BCUT2D eigenvalue weighted by molar-refractivity contribution is 7.32. The van der Waals surface area contributed by atoms with E-state index < -0.39 is 27.7 Å². The predicted octanol–water partition coefficient (Wildman–Crippen LogP) is 3.83. The Morgan fingerprint density at radius 2 is 1.21 bits per heavy atom. The quantitative estimate of drug-likeness (QED) is 0.595. The van der Waals surface area contributed by atoms with Crippen molar-refractivity contribution in [2.45, 2.75) is 71.0 Å². The van der Waals surface area contributed by atoms with Crippen molar-refractivity contribution in [2.75, 3.05) is 0 Å². The summed E-state index contributed by atoms with van der Waals surface area (Å²) in [5.74, 6) is 0. The van der Waals surface area contributed by atoms with Crippen molar-refractivity contribution in [1.29, 1.82) is 0 Å². The maximum Gasteiger partial charge on any atom is 0.695 e. The first kappa shape index (κ1) is 19.0. The second-order valence-electron chi connectivity index (χ2n) is 4.46. The molecule has 0 saturated heterocycles. The molecule has 0 heterocycles. The van der Waals surface area contributed by atoms with E-state index >= 15 is 0 Å². The molecule has 8 heteroatoms. The fraction of sp³-hybridized carbons (Fsp3) is 1.00. The van der Waals surface area contributed by atoms with Gasteiger partial charge in [0, 0.05) is 9.13 Å². The smallest absolute Gasteiger partial charge is 0.133 e. The van der Waals surface area contributed by atoms with Gasteiger partial charge in [-0.2, -0.15) is 0 Å². The maximum absolute atomic E-state index is 11.1. The van der Waals surface area contributed by atoms with Crippen molar-refractivity contribution < 1.29 is 28.0 Å². The van der Waals surface area contributed by atoms with Crippen molar-refractivity contribution in [3.63, 3.8) is 0 Å². The molecule has 0 aliphatic rings. The van der Waals surface area contributed by atoms with Crippen LogP contribution in [0.5, 0.6) is 0 Å². The lowest BCUT2D eigenvalue weighted by Crippen LogP contribution is -2.54. The van der Waals surface area contributed by atoms with E-state index in [1.165, 1.54) is 0 Å². The second kappa shape index (κ2) is 8.35. The minimum atomic E-state index is -2.81. The van der Waals surface area contributed by atoms with Crippen molar-refractivity contribution >= 4 is 16.5 Å². The van der Waals surface area contributed by atoms with Gasteiger partial charge in [-0.05, 0) is 25.7 Å². The molecule has 0 aromatic carbocycles. The van der Waals surface area contributed by atoms with Gasteiger partial charge in [0.2, 0.25) is 0 Å². The van der Waals surface area contributed by atoms with Crippen LogP contribution < -0.4 is 0 Å². The van der Waals surface area contributed by atoms with Crippen LogP contribution in [0.4, 0.5) is 0 Å². The molecule has 0 aromatic rings. The fourth-order valence-corrected chi connectivity index (χ4v) is 4.14. The minimum absolute atomic E-state index is 0.419. The first-order valence-electron chi connectivity index (χ1n) is 6.53. The molecule has 0 radical (unpaired) electrons. The molecule has 0 saturated carbocycles. The fourth-order valence-electron chi connectivity index (χ4n) is 2.73. The van der Waals surface area contributed by atoms with Crippen molar-refractivity contribution in [3.8, 4) is 0 Å². The summed E-state index contributed by atoms with van der Waals surface area (Å²) < 4.78 is 32.8. The number of hydrogen-bond acceptors (Lipinski definition) is 4. The summed E-state index contributed by atoms with van der Waals surface area (Å²) in [5.41, 5.74) is -2.09. The van der Waals surface area contributed by atoms with E-state index in [1.807, 2.05) is 27.7 Å². The van der Waals surface area contributed by atoms with Gasteiger partial charge >= 0.3 is 16.5 Å². The topological polar surface area (TPSA) is 93.1 Å². The van der Waals surface area contributed by atoms with Gasteiger partial charge in [0.1, 0.15) is 0 Å². The van der Waals surface area contributed by atoms with Crippen LogP contribution in [0.15, 0.2) is 0 Å². The molecule has 6 nitrogen and oxygen atoms in total. The van der Waals surface area contributed by atoms with Crippen LogP contribution in [0.3, 0.4) is 0 Å². The molecule has 0 bridgehead atoms. The molecule has 3 atom stereocenters. The van der Waals surface area contributed by atoms with Crippen LogP contribution in [0, 0.1) is 0 Å². The summed E-state index contributed by atoms with van der Waals surface area (Å²) in [6, 6.07) is 0. The Bertz CT molecular complexity index is 318. The molecule has 0 fully saturated rings. The van der Waals surface area contributed by atoms with E-state index in [0.29, 0.717) is 32.1 Å². The molecule has 0 aliphatic heterocycles.